The number of ketones is 1. The molecule has 0 aromatic heterocycles. The van der Waals surface area contributed by atoms with E-state index in [1.54, 1.807) is 0 Å². The zero-order valence-electron chi connectivity index (χ0n) is 15.2. The van der Waals surface area contributed by atoms with Crippen LogP contribution in [0.2, 0.25) is 10.0 Å². The van der Waals surface area contributed by atoms with Crippen LogP contribution in [0.5, 0.6) is 0 Å². The summed E-state index contributed by atoms with van der Waals surface area (Å²) in [4.78, 5) is 51.2. The molecule has 8 heteroatoms. The zero-order chi connectivity index (χ0) is 20.4. The molecule has 3 fully saturated rings. The number of likely N-dealkylation sites (tertiary alicyclic amines) is 1. The van der Waals surface area contributed by atoms with Crippen LogP contribution in [0.3, 0.4) is 0 Å². The molecule has 0 spiro atoms. The van der Waals surface area contributed by atoms with E-state index in [1.807, 2.05) is 0 Å². The molecule has 1 aromatic rings. The molecule has 2 amide bonds. The Kier molecular flexibility index (Phi) is 4.33. The number of nitrogens with zero attached hydrogens (tertiary/aromatic N) is 1. The Morgan fingerprint density at radius 3 is 2.24 bits per heavy atom. The molecule has 5 aliphatic rings. The van der Waals surface area contributed by atoms with Crippen LogP contribution < -0.4 is 0 Å². The van der Waals surface area contributed by atoms with E-state index in [1.165, 1.54) is 18.2 Å². The number of allylic oxidation sites excluding steroid dienone is 2. The van der Waals surface area contributed by atoms with Gasteiger partial charge in [0, 0.05) is 10.6 Å². The van der Waals surface area contributed by atoms with Gasteiger partial charge in [0.05, 0.1) is 16.9 Å². The summed E-state index contributed by atoms with van der Waals surface area (Å²) >= 11 is 11.8. The Morgan fingerprint density at radius 2 is 1.66 bits per heavy atom. The highest BCUT2D eigenvalue weighted by Gasteiger charge is 2.67. The lowest BCUT2D eigenvalue weighted by atomic mass is 9.63. The van der Waals surface area contributed by atoms with Gasteiger partial charge < -0.3 is 4.74 Å². The van der Waals surface area contributed by atoms with Crippen LogP contribution in [-0.4, -0.2) is 41.6 Å². The maximum absolute atomic E-state index is 12.8. The van der Waals surface area contributed by atoms with Crippen molar-refractivity contribution < 1.29 is 23.9 Å². The van der Waals surface area contributed by atoms with E-state index in [-0.39, 0.29) is 46.1 Å². The molecule has 2 bridgehead atoms. The fraction of sp³-hybridized carbons (Fsp3) is 0.429. The highest BCUT2D eigenvalue weighted by atomic mass is 35.5. The van der Waals surface area contributed by atoms with E-state index in [0.717, 1.165) is 11.3 Å². The van der Waals surface area contributed by atoms with Gasteiger partial charge in [-0.25, -0.2) is 0 Å². The maximum atomic E-state index is 12.8. The Labute approximate surface area is 176 Å². The summed E-state index contributed by atoms with van der Waals surface area (Å²) in [6.07, 6.45) is 5.22. The van der Waals surface area contributed by atoms with Crippen molar-refractivity contribution in [3.8, 4) is 0 Å². The Balaban J connectivity index is 1.22. The molecule has 6 rings (SSSR count). The van der Waals surface area contributed by atoms with Crippen molar-refractivity contribution >= 4 is 46.8 Å². The molecular weight excluding hydrogens is 417 g/mol. The third-order valence-corrected chi connectivity index (χ3v) is 7.18. The van der Waals surface area contributed by atoms with Crippen LogP contribution in [0, 0.1) is 35.5 Å². The first-order valence-corrected chi connectivity index (χ1v) is 10.3. The van der Waals surface area contributed by atoms with E-state index in [2.05, 4.69) is 12.2 Å². The number of carbonyl (C=O) groups is 4. The summed E-state index contributed by atoms with van der Waals surface area (Å²) < 4.78 is 5.01. The number of hydrogen-bond donors (Lipinski definition) is 0. The molecule has 4 aliphatic carbocycles. The number of esters is 1. The highest BCUT2D eigenvalue weighted by molar-refractivity contribution is 6.36. The normalized spacial score (nSPS) is 33.5. The largest absolute Gasteiger partial charge is 0.456 e. The van der Waals surface area contributed by atoms with Crippen LogP contribution in [0.1, 0.15) is 16.8 Å². The van der Waals surface area contributed by atoms with Crippen LogP contribution in [0.4, 0.5) is 0 Å². The van der Waals surface area contributed by atoms with E-state index in [0.29, 0.717) is 16.9 Å². The smallest absolute Gasteiger partial charge is 0.326 e. The second-order valence-corrected chi connectivity index (χ2v) is 8.97. The van der Waals surface area contributed by atoms with Crippen LogP contribution >= 0.6 is 23.2 Å². The minimum Gasteiger partial charge on any atom is -0.456 e. The van der Waals surface area contributed by atoms with Gasteiger partial charge in [-0.3, -0.25) is 24.1 Å². The number of ether oxygens (including phenoxy) is 1. The van der Waals surface area contributed by atoms with Gasteiger partial charge in [0.2, 0.25) is 17.6 Å². The molecule has 1 aliphatic heterocycles. The lowest BCUT2D eigenvalue weighted by Gasteiger charge is -2.37. The number of rotatable bonds is 5. The quantitative estimate of drug-likeness (QED) is 0.308. The topological polar surface area (TPSA) is 80.8 Å². The van der Waals surface area contributed by atoms with Crippen LogP contribution in [0.15, 0.2) is 30.4 Å². The fourth-order valence-corrected chi connectivity index (χ4v) is 5.80. The van der Waals surface area contributed by atoms with Crippen molar-refractivity contribution in [3.63, 3.8) is 0 Å². The van der Waals surface area contributed by atoms with E-state index >= 15 is 0 Å². The van der Waals surface area contributed by atoms with Crippen molar-refractivity contribution in [1.29, 1.82) is 0 Å². The number of carbonyl (C=O) groups excluding carboxylic acids is 4. The van der Waals surface area contributed by atoms with Crippen molar-refractivity contribution in [2.45, 2.75) is 6.42 Å². The van der Waals surface area contributed by atoms with Gasteiger partial charge in [-0.05, 0) is 48.3 Å². The molecule has 1 aromatic carbocycles. The molecule has 2 saturated carbocycles. The first kappa shape index (κ1) is 18.8. The Bertz CT molecular complexity index is 953. The average Bonchev–Trinajstić information content (AvgIpc) is 3.47. The summed E-state index contributed by atoms with van der Waals surface area (Å²) in [6, 6.07) is 4.39. The SMILES string of the molecule is O=C(CN1C(=O)[C@@H]2[C@@H]3C=C[C@H]([C@H]4C[C@H]34)[C@@H]2C1=O)OCC(=O)c1ccc(Cl)cc1Cl. The molecule has 150 valence electrons. The fourth-order valence-electron chi connectivity index (χ4n) is 5.29. The van der Waals surface area contributed by atoms with Crippen molar-refractivity contribution in [2.24, 2.45) is 35.5 Å². The van der Waals surface area contributed by atoms with E-state index in [9.17, 15) is 19.2 Å². The molecular formula is C21H17Cl2NO5. The van der Waals surface area contributed by atoms with Gasteiger partial charge >= 0.3 is 5.97 Å². The number of halogens is 2. The second kappa shape index (κ2) is 6.67. The van der Waals surface area contributed by atoms with Crippen molar-refractivity contribution in [1.82, 2.24) is 4.90 Å². The van der Waals surface area contributed by atoms with E-state index < -0.39 is 24.9 Å². The predicted octanol–water partition coefficient (Wildman–Crippen LogP) is 2.77. The second-order valence-electron chi connectivity index (χ2n) is 8.13. The number of benzene rings is 1. The lowest BCUT2D eigenvalue weighted by molar-refractivity contribution is -0.152. The molecule has 1 heterocycles. The number of imide groups is 1. The van der Waals surface area contributed by atoms with Gasteiger partial charge in [-0.1, -0.05) is 35.4 Å². The minimum atomic E-state index is -0.797. The van der Waals surface area contributed by atoms with Gasteiger partial charge in [0.1, 0.15) is 6.54 Å². The van der Waals surface area contributed by atoms with Gasteiger partial charge in [0.25, 0.3) is 0 Å². The third-order valence-electron chi connectivity index (χ3n) is 6.64. The molecule has 6 nitrogen and oxygen atoms in total. The summed E-state index contributed by atoms with van der Waals surface area (Å²) in [7, 11) is 0. The number of Topliss-reactive ketones (excluding diaryl/α,β-unsaturated/α-hetero) is 1. The van der Waals surface area contributed by atoms with Crippen LogP contribution in [0.25, 0.3) is 0 Å². The van der Waals surface area contributed by atoms with E-state index in [4.69, 9.17) is 27.9 Å². The molecule has 0 unspecified atom stereocenters. The molecule has 29 heavy (non-hydrogen) atoms. The van der Waals surface area contributed by atoms with Gasteiger partial charge in [-0.15, -0.1) is 0 Å². The zero-order valence-corrected chi connectivity index (χ0v) is 16.7. The average molecular weight is 434 g/mol. The van der Waals surface area contributed by atoms with Gasteiger partial charge in [0.15, 0.2) is 6.61 Å². The maximum Gasteiger partial charge on any atom is 0.326 e. The molecule has 0 radical (unpaired) electrons. The van der Waals surface area contributed by atoms with Crippen molar-refractivity contribution in [2.75, 3.05) is 13.2 Å². The summed E-state index contributed by atoms with van der Waals surface area (Å²) in [5.41, 5.74) is 0.185. The first-order chi connectivity index (χ1) is 13.9. The third kappa shape index (κ3) is 2.92. The van der Waals surface area contributed by atoms with Gasteiger partial charge in [-0.2, -0.15) is 0 Å². The first-order valence-electron chi connectivity index (χ1n) is 9.54. The van der Waals surface area contributed by atoms with Crippen LogP contribution in [-0.2, 0) is 19.1 Å². The van der Waals surface area contributed by atoms with Crippen molar-refractivity contribution in [3.05, 3.63) is 46.0 Å². The monoisotopic (exact) mass is 433 g/mol. The molecule has 6 atom stereocenters. The predicted molar refractivity (Wildman–Crippen MR) is 103 cm³/mol. The Morgan fingerprint density at radius 1 is 1.03 bits per heavy atom. The molecule has 0 N–H and O–H groups in total. The number of hydrogen-bond acceptors (Lipinski definition) is 5. The Hall–Kier alpha value is -2.18. The minimum absolute atomic E-state index is 0.0982. The molecule has 1 saturated heterocycles. The highest BCUT2D eigenvalue weighted by Crippen LogP contribution is 2.65. The number of amides is 2. The summed E-state index contributed by atoms with van der Waals surface area (Å²) in [6.45, 7) is -0.999. The summed E-state index contributed by atoms with van der Waals surface area (Å²) in [5.74, 6) is -1.41. The standard InChI is InChI=1S/C21H17Cl2NO5/c22-9-1-2-12(15(23)5-9)16(25)8-29-17(26)7-24-20(27)18-10-3-4-11(14-6-13(10)14)19(18)21(24)28/h1-5,10-11,13-14,18-19H,6-8H2/t10-,11-,13-,14-,18-,19+/m1/s1. The summed E-state index contributed by atoms with van der Waals surface area (Å²) in [5, 5.41) is 0.547. The lowest BCUT2D eigenvalue weighted by Crippen LogP contribution is -2.40.